The van der Waals surface area contributed by atoms with Crippen molar-refractivity contribution in [3.8, 4) is 0 Å². The molecule has 2 rings (SSSR count). The zero-order valence-electron chi connectivity index (χ0n) is 12.3. The number of rotatable bonds is 5. The predicted molar refractivity (Wildman–Crippen MR) is 85.7 cm³/mol. The first-order valence-corrected chi connectivity index (χ1v) is 7.38. The van der Waals surface area contributed by atoms with Crippen LogP contribution < -0.4 is 5.32 Å². The normalized spacial score (nSPS) is 12.4. The quantitative estimate of drug-likeness (QED) is 0.887. The van der Waals surface area contributed by atoms with E-state index in [1.54, 1.807) is 7.11 Å². The molecule has 2 aromatic rings. The molecule has 0 radical (unpaired) electrons. The zero-order valence-corrected chi connectivity index (χ0v) is 13.9. The number of nitrogens with one attached hydrogen (secondary N) is 1. The molecule has 0 spiro atoms. The molecule has 0 aliphatic heterocycles. The van der Waals surface area contributed by atoms with E-state index in [2.05, 4.69) is 50.7 Å². The second-order valence-corrected chi connectivity index (χ2v) is 5.81. The molecular weight excluding hydrogens is 318 g/mol. The van der Waals surface area contributed by atoms with Gasteiger partial charge in [-0.3, -0.25) is 0 Å². The fourth-order valence-electron chi connectivity index (χ4n) is 2.13. The molecule has 0 aliphatic carbocycles. The van der Waals surface area contributed by atoms with Crippen LogP contribution in [0, 0.1) is 13.8 Å². The maximum absolute atomic E-state index is 5.23. The summed E-state index contributed by atoms with van der Waals surface area (Å²) in [7, 11) is 1.71. The molecule has 1 unspecified atom stereocenters. The van der Waals surface area contributed by atoms with Crippen LogP contribution in [0.2, 0.25) is 0 Å². The van der Waals surface area contributed by atoms with E-state index in [-0.39, 0.29) is 6.04 Å². The lowest BCUT2D eigenvalue weighted by Crippen LogP contribution is -2.13. The van der Waals surface area contributed by atoms with Crippen molar-refractivity contribution in [3.05, 3.63) is 40.1 Å². The van der Waals surface area contributed by atoms with Crippen LogP contribution >= 0.6 is 15.9 Å². The van der Waals surface area contributed by atoms with Crippen LogP contribution in [-0.2, 0) is 4.74 Å². The Labute approximate surface area is 128 Å². The van der Waals surface area contributed by atoms with E-state index in [0.717, 1.165) is 21.8 Å². The van der Waals surface area contributed by atoms with Crippen molar-refractivity contribution < 1.29 is 4.74 Å². The number of anilines is 2. The summed E-state index contributed by atoms with van der Waals surface area (Å²) in [6.07, 6.45) is 2.04. The monoisotopic (exact) mass is 337 g/mol. The Morgan fingerprint density at radius 1 is 1.40 bits per heavy atom. The van der Waals surface area contributed by atoms with Crippen molar-refractivity contribution in [1.29, 1.82) is 0 Å². The molecule has 1 N–H and O–H groups in total. The van der Waals surface area contributed by atoms with Gasteiger partial charge in [-0.15, -0.1) is 0 Å². The van der Waals surface area contributed by atoms with Crippen LogP contribution in [0.25, 0.3) is 0 Å². The smallest absolute Gasteiger partial charge is 0.207 e. The van der Waals surface area contributed by atoms with Crippen molar-refractivity contribution in [2.24, 2.45) is 0 Å². The molecule has 4 nitrogen and oxygen atoms in total. The summed E-state index contributed by atoms with van der Waals surface area (Å²) in [6, 6.07) is 6.33. The predicted octanol–water partition coefficient (Wildman–Crippen LogP) is 4.21. The number of aromatic nitrogens is 2. The molecule has 0 saturated heterocycles. The Morgan fingerprint density at radius 3 is 2.85 bits per heavy atom. The van der Waals surface area contributed by atoms with Gasteiger partial charge in [-0.05, 0) is 38.5 Å². The van der Waals surface area contributed by atoms with Crippen molar-refractivity contribution in [2.45, 2.75) is 26.8 Å². The van der Waals surface area contributed by atoms with Crippen LogP contribution in [0.1, 0.15) is 24.2 Å². The van der Waals surface area contributed by atoms with Gasteiger partial charge >= 0.3 is 0 Å². The first-order valence-electron chi connectivity index (χ1n) is 6.59. The van der Waals surface area contributed by atoms with E-state index in [9.17, 15) is 0 Å². The first kappa shape index (κ1) is 15.1. The maximum Gasteiger partial charge on any atom is 0.207 e. The SMILES string of the molecule is COCC(C)n1cc(C)nc1Nc1cccc(Br)c1C. The Bertz CT molecular complexity index is 595. The van der Waals surface area contributed by atoms with Crippen LogP contribution in [0.5, 0.6) is 0 Å². The molecule has 1 atom stereocenters. The average molecular weight is 338 g/mol. The Kier molecular flexibility index (Phi) is 4.83. The van der Waals surface area contributed by atoms with Gasteiger partial charge < -0.3 is 14.6 Å². The van der Waals surface area contributed by atoms with E-state index in [1.165, 1.54) is 5.56 Å². The van der Waals surface area contributed by atoms with Gasteiger partial charge in [-0.2, -0.15) is 0 Å². The second-order valence-electron chi connectivity index (χ2n) is 4.95. The summed E-state index contributed by atoms with van der Waals surface area (Å²) in [4.78, 5) is 4.56. The first-order chi connectivity index (χ1) is 9.52. The lowest BCUT2D eigenvalue weighted by atomic mass is 10.2. The summed E-state index contributed by atoms with van der Waals surface area (Å²) in [5, 5.41) is 3.41. The highest BCUT2D eigenvalue weighted by molar-refractivity contribution is 9.10. The highest BCUT2D eigenvalue weighted by Crippen LogP contribution is 2.27. The lowest BCUT2D eigenvalue weighted by molar-refractivity contribution is 0.163. The lowest BCUT2D eigenvalue weighted by Gasteiger charge is -2.17. The van der Waals surface area contributed by atoms with E-state index in [1.807, 2.05) is 25.3 Å². The number of nitrogens with zero attached hydrogens (tertiary/aromatic N) is 2. The van der Waals surface area contributed by atoms with Crippen molar-refractivity contribution in [1.82, 2.24) is 9.55 Å². The van der Waals surface area contributed by atoms with Gasteiger partial charge in [0.1, 0.15) is 0 Å². The van der Waals surface area contributed by atoms with Gasteiger partial charge in [0.15, 0.2) is 0 Å². The molecule has 5 heteroatoms. The van der Waals surface area contributed by atoms with Crippen molar-refractivity contribution in [2.75, 3.05) is 19.0 Å². The minimum absolute atomic E-state index is 0.233. The van der Waals surface area contributed by atoms with Gasteiger partial charge in [-0.1, -0.05) is 22.0 Å². The van der Waals surface area contributed by atoms with E-state index >= 15 is 0 Å². The molecule has 20 heavy (non-hydrogen) atoms. The van der Waals surface area contributed by atoms with Gasteiger partial charge in [0.05, 0.1) is 18.3 Å². The molecule has 0 saturated carbocycles. The number of methoxy groups -OCH3 is 1. The number of halogens is 1. The number of benzene rings is 1. The minimum atomic E-state index is 0.233. The number of imidazole rings is 1. The standard InChI is InChI=1S/C15H20BrN3O/c1-10-8-19(11(2)9-20-4)15(17-10)18-14-7-5-6-13(16)12(14)3/h5-8,11H,9H2,1-4H3,(H,17,18). The molecule has 0 fully saturated rings. The average Bonchev–Trinajstić information content (AvgIpc) is 2.76. The summed E-state index contributed by atoms with van der Waals surface area (Å²) >= 11 is 3.55. The van der Waals surface area contributed by atoms with Crippen LogP contribution in [-0.4, -0.2) is 23.3 Å². The Morgan fingerprint density at radius 2 is 2.15 bits per heavy atom. The van der Waals surface area contributed by atoms with Crippen molar-refractivity contribution in [3.63, 3.8) is 0 Å². The van der Waals surface area contributed by atoms with Gasteiger partial charge in [0, 0.05) is 23.5 Å². The van der Waals surface area contributed by atoms with E-state index < -0.39 is 0 Å². The van der Waals surface area contributed by atoms with Crippen LogP contribution in [0.3, 0.4) is 0 Å². The van der Waals surface area contributed by atoms with Crippen LogP contribution in [0.4, 0.5) is 11.6 Å². The number of aryl methyl sites for hydroxylation is 1. The second kappa shape index (κ2) is 6.41. The topological polar surface area (TPSA) is 39.1 Å². The molecule has 1 aromatic carbocycles. The summed E-state index contributed by atoms with van der Waals surface area (Å²) in [6.45, 7) is 6.84. The summed E-state index contributed by atoms with van der Waals surface area (Å²) < 4.78 is 8.43. The number of ether oxygens (including phenoxy) is 1. The van der Waals surface area contributed by atoms with Gasteiger partial charge in [0.25, 0.3) is 0 Å². The number of hydrogen-bond acceptors (Lipinski definition) is 3. The molecule has 0 bridgehead atoms. The number of hydrogen-bond donors (Lipinski definition) is 1. The molecule has 108 valence electrons. The fourth-order valence-corrected chi connectivity index (χ4v) is 2.50. The minimum Gasteiger partial charge on any atom is -0.383 e. The molecule has 0 aliphatic rings. The molecule has 1 heterocycles. The molecular formula is C15H20BrN3O. The van der Waals surface area contributed by atoms with Crippen LogP contribution in [0.15, 0.2) is 28.9 Å². The maximum atomic E-state index is 5.23. The molecule has 1 aromatic heterocycles. The third-order valence-electron chi connectivity index (χ3n) is 3.25. The van der Waals surface area contributed by atoms with Crippen molar-refractivity contribution >= 4 is 27.6 Å². The Hall–Kier alpha value is -1.33. The summed E-state index contributed by atoms with van der Waals surface area (Å²) in [5.74, 6) is 0.841. The van der Waals surface area contributed by atoms with E-state index in [0.29, 0.717) is 6.61 Å². The third-order valence-corrected chi connectivity index (χ3v) is 4.11. The highest BCUT2D eigenvalue weighted by Gasteiger charge is 2.13. The van der Waals surface area contributed by atoms with Gasteiger partial charge in [-0.25, -0.2) is 4.98 Å². The van der Waals surface area contributed by atoms with E-state index in [4.69, 9.17) is 4.74 Å². The third kappa shape index (κ3) is 3.22. The largest absolute Gasteiger partial charge is 0.383 e. The Balaban J connectivity index is 2.31. The van der Waals surface area contributed by atoms with Gasteiger partial charge in [0.2, 0.25) is 5.95 Å². The highest BCUT2D eigenvalue weighted by atomic mass is 79.9. The summed E-state index contributed by atoms with van der Waals surface area (Å²) in [5.41, 5.74) is 3.21. The molecule has 0 amide bonds. The zero-order chi connectivity index (χ0) is 14.7. The fraction of sp³-hybridized carbons (Fsp3) is 0.400.